The van der Waals surface area contributed by atoms with Gasteiger partial charge in [0.25, 0.3) is 0 Å². The number of halogens is 3. The average molecular weight is 348 g/mol. The first-order valence-corrected chi connectivity index (χ1v) is 6.82. The highest BCUT2D eigenvalue weighted by atomic mass is 79.9. The van der Waals surface area contributed by atoms with E-state index in [0.717, 1.165) is 6.07 Å². The van der Waals surface area contributed by atoms with Crippen molar-refractivity contribution in [3.05, 3.63) is 28.5 Å². The van der Waals surface area contributed by atoms with Crippen LogP contribution in [0.25, 0.3) is 0 Å². The molecule has 3 N–H and O–H groups in total. The molecule has 0 aliphatic carbocycles. The molecule has 0 amide bonds. The van der Waals surface area contributed by atoms with Gasteiger partial charge in [-0.2, -0.15) is 0 Å². The number of nitrogens with one attached hydrogen (secondary N) is 1. The van der Waals surface area contributed by atoms with Crippen LogP contribution in [-0.2, 0) is 10.0 Å². The maximum absolute atomic E-state index is 13.4. The third-order valence-corrected chi connectivity index (χ3v) is 4.01. The zero-order valence-corrected chi connectivity index (χ0v) is 12.2. The zero-order chi connectivity index (χ0) is 12.3. The first kappa shape index (κ1) is 16.8. The van der Waals surface area contributed by atoms with E-state index in [1.54, 1.807) is 6.92 Å². The fourth-order valence-corrected chi connectivity index (χ4v) is 2.72. The molecule has 0 heterocycles. The van der Waals surface area contributed by atoms with Crippen molar-refractivity contribution in [2.75, 3.05) is 6.54 Å². The molecular weight excluding hydrogens is 335 g/mol. The van der Waals surface area contributed by atoms with Gasteiger partial charge in [-0.3, -0.25) is 0 Å². The molecule has 1 rings (SSSR count). The lowest BCUT2D eigenvalue weighted by molar-refractivity contribution is 0.544. The third-order valence-electron chi connectivity index (χ3n) is 1.89. The predicted octanol–water partition coefficient (Wildman–Crippen LogP) is 1.64. The maximum atomic E-state index is 13.4. The first-order chi connectivity index (χ1) is 7.36. The summed E-state index contributed by atoms with van der Waals surface area (Å²) < 4.78 is 39.6. The number of rotatable bonds is 4. The van der Waals surface area contributed by atoms with Gasteiger partial charge in [-0.05, 0) is 25.1 Å². The molecular formula is C9H13BrClFN2O2S. The van der Waals surface area contributed by atoms with E-state index in [-0.39, 0.29) is 23.8 Å². The van der Waals surface area contributed by atoms with Crippen LogP contribution >= 0.6 is 28.3 Å². The minimum absolute atomic E-state index is 0. The second-order valence-electron chi connectivity index (χ2n) is 3.33. The second kappa shape index (κ2) is 6.65. The molecule has 0 saturated carbocycles. The second-order valence-corrected chi connectivity index (χ2v) is 5.93. The predicted molar refractivity (Wildman–Crippen MR) is 70.2 cm³/mol. The van der Waals surface area contributed by atoms with Crippen molar-refractivity contribution in [1.82, 2.24) is 4.72 Å². The molecule has 0 bridgehead atoms. The molecule has 0 aromatic heterocycles. The normalized spacial score (nSPS) is 12.9. The summed E-state index contributed by atoms with van der Waals surface area (Å²) in [6.07, 6.45) is 0. The number of sulfonamides is 1. The van der Waals surface area contributed by atoms with Gasteiger partial charge in [-0.15, -0.1) is 12.4 Å². The van der Waals surface area contributed by atoms with Crippen LogP contribution < -0.4 is 10.5 Å². The van der Waals surface area contributed by atoms with E-state index in [2.05, 4.69) is 20.7 Å². The highest BCUT2D eigenvalue weighted by Crippen LogP contribution is 2.19. The van der Waals surface area contributed by atoms with Gasteiger partial charge in [0, 0.05) is 17.1 Å². The smallest absolute Gasteiger partial charge is 0.243 e. The van der Waals surface area contributed by atoms with Crippen LogP contribution in [0.4, 0.5) is 4.39 Å². The molecule has 0 saturated heterocycles. The van der Waals surface area contributed by atoms with E-state index in [1.807, 2.05) is 0 Å². The molecule has 1 atom stereocenters. The van der Waals surface area contributed by atoms with Crippen molar-refractivity contribution in [1.29, 1.82) is 0 Å². The van der Waals surface area contributed by atoms with Crippen molar-refractivity contribution in [2.24, 2.45) is 5.73 Å². The Hall–Kier alpha value is -0.210. The highest BCUT2D eigenvalue weighted by molar-refractivity contribution is 9.10. The molecule has 17 heavy (non-hydrogen) atoms. The van der Waals surface area contributed by atoms with E-state index < -0.39 is 21.9 Å². The average Bonchev–Trinajstić information content (AvgIpc) is 2.16. The molecule has 0 aliphatic rings. The summed E-state index contributed by atoms with van der Waals surface area (Å²) in [7, 11) is -3.84. The van der Waals surface area contributed by atoms with Crippen LogP contribution in [0.2, 0.25) is 0 Å². The monoisotopic (exact) mass is 346 g/mol. The largest absolute Gasteiger partial charge is 0.329 e. The van der Waals surface area contributed by atoms with E-state index in [9.17, 15) is 12.8 Å². The summed E-state index contributed by atoms with van der Waals surface area (Å²) in [5, 5.41) is 0. The molecule has 1 aromatic carbocycles. The van der Waals surface area contributed by atoms with Gasteiger partial charge in [-0.25, -0.2) is 17.5 Å². The van der Waals surface area contributed by atoms with E-state index in [1.165, 1.54) is 12.1 Å². The molecule has 0 radical (unpaired) electrons. The van der Waals surface area contributed by atoms with Gasteiger partial charge >= 0.3 is 0 Å². The van der Waals surface area contributed by atoms with Crippen LogP contribution in [0.5, 0.6) is 0 Å². The van der Waals surface area contributed by atoms with Crippen molar-refractivity contribution in [3.63, 3.8) is 0 Å². The summed E-state index contributed by atoms with van der Waals surface area (Å²) >= 11 is 3.05. The zero-order valence-electron chi connectivity index (χ0n) is 8.98. The Balaban J connectivity index is 0.00000256. The molecule has 4 nitrogen and oxygen atoms in total. The molecule has 0 fully saturated rings. The van der Waals surface area contributed by atoms with Crippen molar-refractivity contribution in [2.45, 2.75) is 17.9 Å². The summed E-state index contributed by atoms with van der Waals surface area (Å²) in [5.74, 6) is -0.800. The Labute approximate surface area is 114 Å². The SMILES string of the molecule is C[C@H](CN)NS(=O)(=O)c1ccc(Br)cc1F.Cl. The van der Waals surface area contributed by atoms with E-state index >= 15 is 0 Å². The Bertz CT molecular complexity index is 484. The van der Waals surface area contributed by atoms with Gasteiger partial charge in [0.15, 0.2) is 0 Å². The fourth-order valence-electron chi connectivity index (χ4n) is 1.07. The Morgan fingerprint density at radius 2 is 2.12 bits per heavy atom. The molecule has 98 valence electrons. The summed E-state index contributed by atoms with van der Waals surface area (Å²) in [4.78, 5) is -0.379. The van der Waals surface area contributed by atoms with Gasteiger partial charge in [-0.1, -0.05) is 15.9 Å². The van der Waals surface area contributed by atoms with Crippen LogP contribution in [0.1, 0.15) is 6.92 Å². The first-order valence-electron chi connectivity index (χ1n) is 4.54. The lowest BCUT2D eigenvalue weighted by Gasteiger charge is -2.12. The number of benzene rings is 1. The molecule has 0 unspecified atom stereocenters. The number of hydrogen-bond donors (Lipinski definition) is 2. The minimum Gasteiger partial charge on any atom is -0.329 e. The fraction of sp³-hybridized carbons (Fsp3) is 0.333. The van der Waals surface area contributed by atoms with E-state index in [4.69, 9.17) is 5.73 Å². The molecule has 8 heteroatoms. The Kier molecular flexibility index (Phi) is 6.57. The minimum atomic E-state index is -3.84. The summed E-state index contributed by atoms with van der Waals surface area (Å²) in [6, 6.07) is 3.32. The van der Waals surface area contributed by atoms with Gasteiger partial charge < -0.3 is 5.73 Å². The highest BCUT2D eigenvalue weighted by Gasteiger charge is 2.20. The van der Waals surface area contributed by atoms with Gasteiger partial charge in [0.05, 0.1) is 0 Å². The third kappa shape index (κ3) is 4.51. The van der Waals surface area contributed by atoms with Crippen molar-refractivity contribution >= 4 is 38.4 Å². The van der Waals surface area contributed by atoms with Crippen LogP contribution in [-0.4, -0.2) is 21.0 Å². The van der Waals surface area contributed by atoms with Crippen LogP contribution in [0.15, 0.2) is 27.6 Å². The lowest BCUT2D eigenvalue weighted by Crippen LogP contribution is -2.38. The lowest BCUT2D eigenvalue weighted by atomic mass is 10.3. The summed E-state index contributed by atoms with van der Waals surface area (Å²) in [6.45, 7) is 1.76. The molecule has 1 aromatic rings. The summed E-state index contributed by atoms with van der Waals surface area (Å²) in [5.41, 5.74) is 5.29. The maximum Gasteiger partial charge on any atom is 0.243 e. The Morgan fingerprint density at radius 1 is 1.53 bits per heavy atom. The van der Waals surface area contributed by atoms with Crippen molar-refractivity contribution in [3.8, 4) is 0 Å². The van der Waals surface area contributed by atoms with Crippen molar-refractivity contribution < 1.29 is 12.8 Å². The molecule has 0 aliphatic heterocycles. The standard InChI is InChI=1S/C9H12BrFN2O2S.ClH/c1-6(5-12)13-16(14,15)9-3-2-7(10)4-8(9)11;/h2-4,6,13H,5,12H2,1H3;1H/t6-;/m1./s1. The number of nitrogens with two attached hydrogens (primary N) is 1. The molecule has 0 spiro atoms. The quantitative estimate of drug-likeness (QED) is 0.869. The van der Waals surface area contributed by atoms with Gasteiger partial charge in [0.1, 0.15) is 10.7 Å². The number of hydrogen-bond acceptors (Lipinski definition) is 3. The van der Waals surface area contributed by atoms with Gasteiger partial charge in [0.2, 0.25) is 10.0 Å². The Morgan fingerprint density at radius 3 is 2.59 bits per heavy atom. The van der Waals surface area contributed by atoms with Crippen LogP contribution in [0, 0.1) is 5.82 Å². The van der Waals surface area contributed by atoms with E-state index in [0.29, 0.717) is 4.47 Å². The topological polar surface area (TPSA) is 72.2 Å². The van der Waals surface area contributed by atoms with Crippen LogP contribution in [0.3, 0.4) is 0 Å².